The minimum Gasteiger partial charge on any atom is -0.494 e. The van der Waals surface area contributed by atoms with Crippen molar-refractivity contribution >= 4 is 54.2 Å². The van der Waals surface area contributed by atoms with E-state index in [1.807, 2.05) is 25.1 Å². The van der Waals surface area contributed by atoms with Crippen LogP contribution in [0.15, 0.2) is 47.4 Å². The summed E-state index contributed by atoms with van der Waals surface area (Å²) in [5, 5.41) is 1.12. The highest BCUT2D eigenvalue weighted by Gasteiger charge is 2.36. The Morgan fingerprint density at radius 3 is 2.62 bits per heavy atom. The van der Waals surface area contributed by atoms with Gasteiger partial charge in [-0.3, -0.25) is 9.69 Å². The van der Waals surface area contributed by atoms with E-state index in [4.69, 9.17) is 26.1 Å². The summed E-state index contributed by atoms with van der Waals surface area (Å²) in [6.07, 6.45) is 2.76. The van der Waals surface area contributed by atoms with Crippen LogP contribution in [0.25, 0.3) is 10.2 Å². The number of hydrogen-bond donors (Lipinski definition) is 0. The molecule has 5 rings (SSSR count). The molecule has 0 N–H and O–H groups in total. The van der Waals surface area contributed by atoms with Crippen molar-refractivity contribution in [3.05, 3.63) is 47.5 Å². The van der Waals surface area contributed by atoms with Gasteiger partial charge in [0.05, 0.1) is 34.4 Å². The Balaban J connectivity index is 1.33. The minimum absolute atomic E-state index is 0.0249. The summed E-state index contributed by atoms with van der Waals surface area (Å²) in [5.74, 6) is 0.462. The Morgan fingerprint density at radius 1 is 1.19 bits per heavy atom. The fraction of sp³-hybridized carbons (Fsp3) is 0.462. The van der Waals surface area contributed by atoms with Gasteiger partial charge in [0, 0.05) is 30.6 Å². The highest BCUT2D eigenvalue weighted by atomic mass is 35.5. The molecule has 2 saturated heterocycles. The van der Waals surface area contributed by atoms with E-state index in [0.717, 1.165) is 28.8 Å². The summed E-state index contributed by atoms with van der Waals surface area (Å²) in [6.45, 7) is 4.23. The van der Waals surface area contributed by atoms with Gasteiger partial charge in [-0.2, -0.15) is 4.31 Å². The highest BCUT2D eigenvalue weighted by molar-refractivity contribution is 7.89. The van der Waals surface area contributed by atoms with Crippen LogP contribution in [-0.4, -0.2) is 62.6 Å². The second-order valence-electron chi connectivity index (χ2n) is 9.28. The Morgan fingerprint density at radius 2 is 1.95 bits per heavy atom. The average molecular weight is 564 g/mol. The van der Waals surface area contributed by atoms with Crippen LogP contribution in [0.2, 0.25) is 5.02 Å². The molecule has 0 radical (unpaired) electrons. The van der Waals surface area contributed by atoms with E-state index in [1.54, 1.807) is 17.0 Å². The number of benzene rings is 2. The van der Waals surface area contributed by atoms with Crippen molar-refractivity contribution in [2.75, 3.05) is 37.7 Å². The average Bonchev–Trinajstić information content (AvgIpc) is 3.57. The zero-order valence-electron chi connectivity index (χ0n) is 20.6. The molecular weight excluding hydrogens is 534 g/mol. The van der Waals surface area contributed by atoms with Gasteiger partial charge in [-0.05, 0) is 75.1 Å². The van der Waals surface area contributed by atoms with Crippen LogP contribution >= 0.6 is 22.9 Å². The van der Waals surface area contributed by atoms with Gasteiger partial charge in [-0.1, -0.05) is 22.9 Å². The van der Waals surface area contributed by atoms with E-state index in [1.165, 1.54) is 27.8 Å². The number of piperidine rings is 1. The highest BCUT2D eigenvalue weighted by Crippen LogP contribution is 2.34. The van der Waals surface area contributed by atoms with Gasteiger partial charge in [0.25, 0.3) is 0 Å². The summed E-state index contributed by atoms with van der Waals surface area (Å²) >= 11 is 7.39. The van der Waals surface area contributed by atoms with Crippen LogP contribution < -0.4 is 9.64 Å². The fourth-order valence-electron chi connectivity index (χ4n) is 4.84. The number of carbonyl (C=O) groups is 1. The molecule has 0 bridgehead atoms. The fourth-order valence-corrected chi connectivity index (χ4v) is 7.44. The summed E-state index contributed by atoms with van der Waals surface area (Å²) in [4.78, 5) is 20.6. The number of carbonyl (C=O) groups excluding carboxylic acids is 1. The van der Waals surface area contributed by atoms with Crippen LogP contribution in [0.4, 0.5) is 5.13 Å². The van der Waals surface area contributed by atoms with E-state index in [9.17, 15) is 13.2 Å². The number of thiazole rings is 1. The number of sulfonamides is 1. The first-order valence-electron chi connectivity index (χ1n) is 12.6. The van der Waals surface area contributed by atoms with Gasteiger partial charge < -0.3 is 9.47 Å². The predicted octanol–water partition coefficient (Wildman–Crippen LogP) is 4.96. The van der Waals surface area contributed by atoms with Crippen molar-refractivity contribution in [3.63, 3.8) is 0 Å². The number of aromatic nitrogens is 1. The largest absolute Gasteiger partial charge is 0.494 e. The van der Waals surface area contributed by atoms with Crippen LogP contribution in [0.1, 0.15) is 32.6 Å². The Labute approximate surface area is 226 Å². The number of halogens is 1. The van der Waals surface area contributed by atoms with Crippen molar-refractivity contribution in [1.29, 1.82) is 0 Å². The van der Waals surface area contributed by atoms with Crippen LogP contribution in [0.3, 0.4) is 0 Å². The molecule has 3 aromatic rings. The second kappa shape index (κ2) is 11.2. The molecule has 1 aromatic heterocycles. The van der Waals surface area contributed by atoms with Crippen LogP contribution in [0.5, 0.6) is 5.75 Å². The maximum atomic E-state index is 13.8. The molecule has 1 atom stereocenters. The Kier molecular flexibility index (Phi) is 8.02. The molecule has 0 aliphatic carbocycles. The molecule has 2 aliphatic rings. The topological polar surface area (TPSA) is 89.0 Å². The maximum Gasteiger partial charge on any atom is 0.243 e. The number of ether oxygens (including phenoxy) is 2. The molecule has 0 saturated carbocycles. The smallest absolute Gasteiger partial charge is 0.243 e. The second-order valence-corrected chi connectivity index (χ2v) is 12.7. The monoisotopic (exact) mass is 563 g/mol. The van der Waals surface area contributed by atoms with Crippen molar-refractivity contribution in [3.8, 4) is 5.75 Å². The SMILES string of the molecule is CCOc1ccc2nc(N(CC3CCCO3)C(=O)C3CCN(S(=O)(=O)c4ccc(Cl)cc4)CC3)sc2c1. The van der Waals surface area contributed by atoms with Gasteiger partial charge in [-0.25, -0.2) is 13.4 Å². The lowest BCUT2D eigenvalue weighted by Gasteiger charge is -2.33. The summed E-state index contributed by atoms with van der Waals surface area (Å²) in [7, 11) is -3.64. The minimum atomic E-state index is -3.64. The van der Waals surface area contributed by atoms with Gasteiger partial charge in [0.1, 0.15) is 5.75 Å². The molecule has 2 fully saturated rings. The van der Waals surface area contributed by atoms with Crippen LogP contribution in [0, 0.1) is 5.92 Å². The molecular formula is C26H30ClN3O5S2. The van der Waals surface area contributed by atoms with Crippen molar-refractivity contribution < 1.29 is 22.7 Å². The molecule has 37 heavy (non-hydrogen) atoms. The maximum absolute atomic E-state index is 13.8. The lowest BCUT2D eigenvalue weighted by Crippen LogP contribution is -2.46. The number of hydrogen-bond acceptors (Lipinski definition) is 7. The summed E-state index contributed by atoms with van der Waals surface area (Å²) in [5.41, 5.74) is 0.817. The number of anilines is 1. The number of nitrogens with zero attached hydrogens (tertiary/aromatic N) is 3. The predicted molar refractivity (Wildman–Crippen MR) is 145 cm³/mol. The summed E-state index contributed by atoms with van der Waals surface area (Å²) in [6, 6.07) is 11.9. The standard InChI is InChI=1S/C26H30ClN3O5S2/c1-2-34-20-7-10-23-24(16-20)36-26(28-23)30(17-21-4-3-15-35-21)25(31)18-11-13-29(14-12-18)37(32,33)22-8-5-19(27)6-9-22/h5-10,16,18,21H,2-4,11-15,17H2,1H3. The quantitative estimate of drug-likeness (QED) is 0.385. The van der Waals surface area contributed by atoms with Gasteiger partial charge >= 0.3 is 0 Å². The normalized spacial score (nSPS) is 19.4. The molecule has 2 aliphatic heterocycles. The van der Waals surface area contributed by atoms with Crippen LogP contribution in [-0.2, 0) is 19.6 Å². The van der Waals surface area contributed by atoms with E-state index < -0.39 is 10.0 Å². The first-order valence-corrected chi connectivity index (χ1v) is 15.2. The van der Waals surface area contributed by atoms with E-state index in [-0.39, 0.29) is 35.9 Å². The third-order valence-electron chi connectivity index (χ3n) is 6.82. The first kappa shape index (κ1) is 26.4. The molecule has 198 valence electrons. The third kappa shape index (κ3) is 5.78. The van der Waals surface area contributed by atoms with E-state index in [0.29, 0.717) is 42.8 Å². The zero-order valence-corrected chi connectivity index (χ0v) is 23.0. The van der Waals surface area contributed by atoms with Gasteiger partial charge in [0.2, 0.25) is 15.9 Å². The zero-order chi connectivity index (χ0) is 26.0. The Bertz CT molecular complexity index is 1350. The van der Waals surface area contributed by atoms with Crippen molar-refractivity contribution in [2.45, 2.75) is 43.6 Å². The first-order chi connectivity index (χ1) is 17.8. The van der Waals surface area contributed by atoms with E-state index in [2.05, 4.69) is 0 Å². The number of rotatable bonds is 8. The molecule has 2 aromatic carbocycles. The molecule has 3 heterocycles. The van der Waals surface area contributed by atoms with Gasteiger partial charge in [0.15, 0.2) is 5.13 Å². The lowest BCUT2D eigenvalue weighted by molar-refractivity contribution is -0.123. The molecule has 1 unspecified atom stereocenters. The number of amides is 1. The van der Waals surface area contributed by atoms with Gasteiger partial charge in [-0.15, -0.1) is 0 Å². The molecule has 0 spiro atoms. The molecule has 1 amide bonds. The van der Waals surface area contributed by atoms with Crippen molar-refractivity contribution in [2.24, 2.45) is 5.92 Å². The molecule has 11 heteroatoms. The summed E-state index contributed by atoms with van der Waals surface area (Å²) < 4.78 is 40.1. The lowest BCUT2D eigenvalue weighted by atomic mass is 9.96. The number of fused-ring (bicyclic) bond motifs is 1. The third-order valence-corrected chi connectivity index (χ3v) is 10.0. The Hall–Kier alpha value is -2.24. The van der Waals surface area contributed by atoms with E-state index >= 15 is 0 Å². The van der Waals surface area contributed by atoms with Crippen molar-refractivity contribution in [1.82, 2.24) is 9.29 Å². The molecule has 8 nitrogen and oxygen atoms in total.